The van der Waals surface area contributed by atoms with E-state index in [0.29, 0.717) is 17.6 Å². The highest BCUT2D eigenvalue weighted by atomic mass is 19.1. The van der Waals surface area contributed by atoms with E-state index in [4.69, 9.17) is 0 Å². The first-order chi connectivity index (χ1) is 15.1. The number of nitrogens with one attached hydrogen (secondary N) is 1. The molecule has 3 aromatic heterocycles. The van der Waals surface area contributed by atoms with Crippen molar-refractivity contribution in [1.29, 1.82) is 0 Å². The molecule has 0 saturated heterocycles. The molecule has 0 aliphatic rings. The van der Waals surface area contributed by atoms with Gasteiger partial charge in [-0.25, -0.2) is 29.0 Å². The van der Waals surface area contributed by atoms with Gasteiger partial charge in [-0.1, -0.05) is 18.2 Å². The van der Waals surface area contributed by atoms with Crippen LogP contribution in [0.1, 0.15) is 11.4 Å². The summed E-state index contributed by atoms with van der Waals surface area (Å²) in [5, 5.41) is 8.64. The van der Waals surface area contributed by atoms with Gasteiger partial charge in [-0.15, -0.1) is 0 Å². The molecule has 152 valence electrons. The Labute approximate surface area is 177 Å². The number of nitrogens with zero attached hydrogens (tertiary/aromatic N) is 6. The lowest BCUT2D eigenvalue weighted by Gasteiger charge is -2.07. The van der Waals surface area contributed by atoms with Crippen molar-refractivity contribution in [3.63, 3.8) is 0 Å². The van der Waals surface area contributed by atoms with Crippen LogP contribution in [0.3, 0.4) is 0 Å². The second-order valence-electron chi connectivity index (χ2n) is 7.09. The van der Waals surface area contributed by atoms with Crippen molar-refractivity contribution < 1.29 is 4.39 Å². The summed E-state index contributed by atoms with van der Waals surface area (Å²) in [6.45, 7) is 3.85. The quantitative estimate of drug-likeness (QED) is 0.459. The average molecular weight is 411 g/mol. The first kappa shape index (κ1) is 18.8. The molecule has 0 atom stereocenters. The summed E-state index contributed by atoms with van der Waals surface area (Å²) < 4.78 is 14.9. The van der Waals surface area contributed by atoms with E-state index in [1.807, 2.05) is 50.4 Å². The molecule has 1 N–H and O–H groups in total. The first-order valence-corrected chi connectivity index (χ1v) is 9.73. The van der Waals surface area contributed by atoms with Gasteiger partial charge in [0.2, 0.25) is 11.9 Å². The predicted octanol–water partition coefficient (Wildman–Crippen LogP) is 4.77. The topological polar surface area (TPSA) is 81.4 Å². The van der Waals surface area contributed by atoms with Crippen LogP contribution in [0, 0.1) is 19.7 Å². The van der Waals surface area contributed by atoms with E-state index < -0.39 is 0 Å². The minimum absolute atomic E-state index is 0.287. The minimum atomic E-state index is -0.287. The van der Waals surface area contributed by atoms with Crippen molar-refractivity contribution >= 4 is 22.8 Å². The zero-order valence-corrected chi connectivity index (χ0v) is 16.9. The third kappa shape index (κ3) is 3.71. The van der Waals surface area contributed by atoms with Crippen molar-refractivity contribution in [2.75, 3.05) is 5.32 Å². The molecular weight excluding hydrogens is 393 g/mol. The maximum atomic E-state index is 13.2. The summed E-state index contributed by atoms with van der Waals surface area (Å²) >= 11 is 0. The first-order valence-electron chi connectivity index (χ1n) is 9.73. The third-order valence-corrected chi connectivity index (χ3v) is 4.94. The average Bonchev–Trinajstić information content (AvgIpc) is 3.16. The molecule has 0 unspecified atom stereocenters. The predicted molar refractivity (Wildman–Crippen MR) is 117 cm³/mol. The maximum absolute atomic E-state index is 13.2. The van der Waals surface area contributed by atoms with Crippen molar-refractivity contribution in [2.24, 2.45) is 0 Å². The van der Waals surface area contributed by atoms with Crippen LogP contribution in [0.5, 0.6) is 0 Å². The van der Waals surface area contributed by atoms with Crippen molar-refractivity contribution in [3.05, 3.63) is 84.2 Å². The van der Waals surface area contributed by atoms with Crippen LogP contribution in [0.4, 0.5) is 16.3 Å². The summed E-state index contributed by atoms with van der Waals surface area (Å²) in [5.74, 6) is 0.540. The van der Waals surface area contributed by atoms with Gasteiger partial charge in [-0.2, -0.15) is 5.10 Å². The number of rotatable bonds is 4. The molecule has 3 heterocycles. The van der Waals surface area contributed by atoms with E-state index >= 15 is 0 Å². The molecule has 0 bridgehead atoms. The zero-order chi connectivity index (χ0) is 21.4. The van der Waals surface area contributed by atoms with Crippen LogP contribution in [-0.2, 0) is 0 Å². The second-order valence-corrected chi connectivity index (χ2v) is 7.09. The molecule has 0 saturated carbocycles. The molecule has 8 heteroatoms. The number of anilines is 2. The number of hydrogen-bond acceptors (Lipinski definition) is 6. The molecule has 2 aromatic carbocycles. The van der Waals surface area contributed by atoms with Gasteiger partial charge >= 0.3 is 0 Å². The fraction of sp³-hybridized carbons (Fsp3) is 0.0870. The highest BCUT2D eigenvalue weighted by Gasteiger charge is 2.12. The maximum Gasteiger partial charge on any atom is 0.230 e. The third-order valence-electron chi connectivity index (χ3n) is 4.94. The summed E-state index contributed by atoms with van der Waals surface area (Å²) in [6.07, 6.45) is 3.54. The van der Waals surface area contributed by atoms with Crippen LogP contribution < -0.4 is 5.32 Å². The second kappa shape index (κ2) is 7.56. The molecular formula is C23H18FN7. The molecule has 5 aromatic rings. The standard InChI is InChI=1S/C23H18FN7/c1-14-18-5-3-4-6-20(18)28-23(26-14)29-22-25-12-11-21(27-22)19-13-31(30-15(19)2)17-9-7-16(24)8-10-17/h3-13H,1-2H3,(H,25,26,27,28,29). The molecule has 7 nitrogen and oxygen atoms in total. The van der Waals surface area contributed by atoms with Crippen LogP contribution in [0.15, 0.2) is 67.0 Å². The summed E-state index contributed by atoms with van der Waals surface area (Å²) in [6, 6.07) is 15.8. The monoisotopic (exact) mass is 411 g/mol. The van der Waals surface area contributed by atoms with Gasteiger partial charge in [-0.05, 0) is 50.2 Å². The van der Waals surface area contributed by atoms with Gasteiger partial charge in [0.25, 0.3) is 0 Å². The smallest absolute Gasteiger partial charge is 0.230 e. The van der Waals surface area contributed by atoms with Crippen LogP contribution in [-0.4, -0.2) is 29.7 Å². The lowest BCUT2D eigenvalue weighted by molar-refractivity contribution is 0.627. The van der Waals surface area contributed by atoms with Crippen molar-refractivity contribution in [3.8, 4) is 16.9 Å². The van der Waals surface area contributed by atoms with Crippen LogP contribution >= 0.6 is 0 Å². The molecule has 31 heavy (non-hydrogen) atoms. The Morgan fingerprint density at radius 3 is 2.48 bits per heavy atom. The van der Waals surface area contributed by atoms with Gasteiger partial charge < -0.3 is 0 Å². The summed E-state index contributed by atoms with van der Waals surface area (Å²) in [7, 11) is 0. The highest BCUT2D eigenvalue weighted by Crippen LogP contribution is 2.24. The largest absolute Gasteiger partial charge is 0.293 e. The lowest BCUT2D eigenvalue weighted by Crippen LogP contribution is -2.03. The van der Waals surface area contributed by atoms with E-state index in [1.165, 1.54) is 12.1 Å². The molecule has 0 amide bonds. The van der Waals surface area contributed by atoms with E-state index in [9.17, 15) is 4.39 Å². The number of benzene rings is 2. The van der Waals surface area contributed by atoms with Gasteiger partial charge in [0.05, 0.1) is 28.3 Å². The van der Waals surface area contributed by atoms with Gasteiger partial charge in [0.15, 0.2) is 0 Å². The number of fused-ring (bicyclic) bond motifs is 1. The fourth-order valence-electron chi connectivity index (χ4n) is 3.40. The van der Waals surface area contributed by atoms with E-state index in [2.05, 4.69) is 30.4 Å². The Balaban J connectivity index is 1.46. The van der Waals surface area contributed by atoms with Gasteiger partial charge in [-0.3, -0.25) is 5.32 Å². The number of aromatic nitrogens is 6. The van der Waals surface area contributed by atoms with Crippen molar-refractivity contribution in [2.45, 2.75) is 13.8 Å². The minimum Gasteiger partial charge on any atom is -0.293 e. The number of aryl methyl sites for hydroxylation is 2. The number of para-hydroxylation sites is 1. The molecule has 0 aliphatic carbocycles. The summed E-state index contributed by atoms with van der Waals surface area (Å²) in [5.41, 5.74) is 4.85. The SMILES string of the molecule is Cc1nn(-c2ccc(F)cc2)cc1-c1ccnc(Nc2nc(C)c3ccccc3n2)n1. The van der Waals surface area contributed by atoms with Gasteiger partial charge in [0.1, 0.15) is 5.82 Å². The Kier molecular flexibility index (Phi) is 4.59. The van der Waals surface area contributed by atoms with Gasteiger partial charge in [0, 0.05) is 23.3 Å². The molecule has 0 fully saturated rings. The Hall–Kier alpha value is -4.20. The Bertz CT molecular complexity index is 1390. The molecule has 0 radical (unpaired) electrons. The molecule has 0 aliphatic heterocycles. The molecule has 5 rings (SSSR count). The number of halogens is 1. The normalized spacial score (nSPS) is 11.1. The zero-order valence-electron chi connectivity index (χ0n) is 16.9. The summed E-state index contributed by atoms with van der Waals surface area (Å²) in [4.78, 5) is 18.0. The Morgan fingerprint density at radius 2 is 1.65 bits per heavy atom. The molecule has 0 spiro atoms. The van der Waals surface area contributed by atoms with Crippen LogP contribution in [0.2, 0.25) is 0 Å². The lowest BCUT2D eigenvalue weighted by atomic mass is 10.2. The van der Waals surface area contributed by atoms with E-state index in [-0.39, 0.29) is 5.82 Å². The van der Waals surface area contributed by atoms with Crippen molar-refractivity contribution in [1.82, 2.24) is 29.7 Å². The van der Waals surface area contributed by atoms with E-state index in [0.717, 1.165) is 33.5 Å². The highest BCUT2D eigenvalue weighted by molar-refractivity contribution is 5.81. The Morgan fingerprint density at radius 1 is 0.839 bits per heavy atom. The fourth-order valence-corrected chi connectivity index (χ4v) is 3.40. The number of hydrogen-bond donors (Lipinski definition) is 1. The van der Waals surface area contributed by atoms with Crippen LogP contribution in [0.25, 0.3) is 27.8 Å². The van der Waals surface area contributed by atoms with E-state index in [1.54, 1.807) is 23.0 Å².